The summed E-state index contributed by atoms with van der Waals surface area (Å²) in [6, 6.07) is 7.28. The molecule has 0 aliphatic carbocycles. The van der Waals surface area contributed by atoms with Gasteiger partial charge in [-0.2, -0.15) is 0 Å². The topological polar surface area (TPSA) is 119 Å². The Morgan fingerprint density at radius 3 is 2.12 bits per heavy atom. The first-order chi connectivity index (χ1) is 15.7. The van der Waals surface area contributed by atoms with Crippen LogP contribution in [-0.2, 0) is 39.8 Å². The van der Waals surface area contributed by atoms with E-state index in [0.29, 0.717) is 5.56 Å². The summed E-state index contributed by atoms with van der Waals surface area (Å²) in [4.78, 5) is 53.7. The van der Waals surface area contributed by atoms with E-state index < -0.39 is 47.4 Å². The standard InChI is InChI=1S/C24H29NO8/c1-5-13-32-21(28)24(22(29)33-14-6-2)23(4,30)16-19(26)25(24)18(20(27)31-7-3)15-17-11-9-8-10-12-17/h5-6,8-12,18,30H,1-2,7,13-16H2,3-4H3/t18-,23?/m1/s1. The van der Waals surface area contributed by atoms with Gasteiger partial charge >= 0.3 is 17.9 Å². The SMILES string of the molecule is C=CCOC(=O)C1(C(=O)OCC=C)N([C@H](Cc2ccccc2)C(=O)OCC)C(=O)CC1(C)O. The number of nitrogens with zero attached hydrogens (tertiary/aromatic N) is 1. The van der Waals surface area contributed by atoms with Gasteiger partial charge in [0.2, 0.25) is 5.91 Å². The number of carbonyl (C=O) groups excluding carboxylic acids is 4. The highest BCUT2D eigenvalue weighted by molar-refractivity contribution is 6.13. The minimum atomic E-state index is -2.65. The summed E-state index contributed by atoms with van der Waals surface area (Å²) in [5.41, 5.74) is -4.26. The molecule has 9 nitrogen and oxygen atoms in total. The van der Waals surface area contributed by atoms with E-state index in [2.05, 4.69) is 13.2 Å². The zero-order valence-electron chi connectivity index (χ0n) is 18.8. The molecule has 0 saturated carbocycles. The van der Waals surface area contributed by atoms with Crippen LogP contribution < -0.4 is 0 Å². The highest BCUT2D eigenvalue weighted by atomic mass is 16.6. The van der Waals surface area contributed by atoms with E-state index in [1.807, 2.05) is 0 Å². The van der Waals surface area contributed by atoms with Gasteiger partial charge in [-0.15, -0.1) is 0 Å². The zero-order valence-corrected chi connectivity index (χ0v) is 18.8. The number of amides is 1. The summed E-state index contributed by atoms with van der Waals surface area (Å²) >= 11 is 0. The van der Waals surface area contributed by atoms with Crippen molar-refractivity contribution in [2.24, 2.45) is 0 Å². The van der Waals surface area contributed by atoms with Gasteiger partial charge < -0.3 is 24.2 Å². The fourth-order valence-electron chi connectivity index (χ4n) is 3.92. The molecule has 0 bridgehead atoms. The Bertz CT molecular complexity index is 884. The van der Waals surface area contributed by atoms with Crippen LogP contribution in [0.4, 0.5) is 0 Å². The molecule has 9 heteroatoms. The van der Waals surface area contributed by atoms with Crippen LogP contribution in [0.15, 0.2) is 55.6 Å². The summed E-state index contributed by atoms with van der Waals surface area (Å²) in [5, 5.41) is 11.2. The van der Waals surface area contributed by atoms with E-state index in [1.165, 1.54) is 12.2 Å². The Balaban J connectivity index is 2.71. The lowest BCUT2D eigenvalue weighted by Crippen LogP contribution is -2.71. The monoisotopic (exact) mass is 459 g/mol. The van der Waals surface area contributed by atoms with Crippen molar-refractivity contribution in [3.8, 4) is 0 Å². The Kier molecular flexibility index (Phi) is 8.53. The summed E-state index contributed by atoms with van der Waals surface area (Å²) in [6.45, 7) is 9.08. The molecule has 0 radical (unpaired) electrons. The van der Waals surface area contributed by atoms with Crippen LogP contribution in [0.1, 0.15) is 25.8 Å². The van der Waals surface area contributed by atoms with Crippen molar-refractivity contribution in [3.63, 3.8) is 0 Å². The fourth-order valence-corrected chi connectivity index (χ4v) is 3.92. The van der Waals surface area contributed by atoms with E-state index in [1.54, 1.807) is 37.3 Å². The van der Waals surface area contributed by atoms with Crippen LogP contribution in [-0.4, -0.2) is 70.8 Å². The molecule has 0 aromatic heterocycles. The molecule has 2 atom stereocenters. The molecular formula is C24H29NO8. The van der Waals surface area contributed by atoms with E-state index in [4.69, 9.17) is 14.2 Å². The van der Waals surface area contributed by atoms with Crippen LogP contribution in [0, 0.1) is 0 Å². The molecule has 33 heavy (non-hydrogen) atoms. The van der Waals surface area contributed by atoms with Crippen molar-refractivity contribution in [2.45, 2.75) is 43.9 Å². The summed E-state index contributed by atoms with van der Waals surface area (Å²) in [5.74, 6) is -4.13. The predicted octanol–water partition coefficient (Wildman–Crippen LogP) is 1.34. The third-order valence-electron chi connectivity index (χ3n) is 5.30. The van der Waals surface area contributed by atoms with Gasteiger partial charge in [-0.25, -0.2) is 14.4 Å². The Labute approximate surface area is 192 Å². The third kappa shape index (κ3) is 4.98. The molecule has 2 rings (SSSR count). The normalized spacial score (nSPS) is 20.0. The first-order valence-corrected chi connectivity index (χ1v) is 10.5. The number of esters is 3. The molecule has 1 unspecified atom stereocenters. The van der Waals surface area contributed by atoms with Gasteiger partial charge in [-0.05, 0) is 19.4 Å². The van der Waals surface area contributed by atoms with E-state index in [-0.39, 0.29) is 26.2 Å². The number of ether oxygens (including phenoxy) is 3. The summed E-state index contributed by atoms with van der Waals surface area (Å²) < 4.78 is 15.5. The molecule has 1 saturated heterocycles. The molecule has 1 heterocycles. The van der Waals surface area contributed by atoms with Crippen molar-refractivity contribution in [1.82, 2.24) is 4.90 Å². The number of rotatable bonds is 11. The fraction of sp³-hybridized carbons (Fsp3) is 0.417. The van der Waals surface area contributed by atoms with Crippen molar-refractivity contribution >= 4 is 23.8 Å². The number of benzene rings is 1. The minimum absolute atomic E-state index is 0.00261. The predicted molar refractivity (Wildman–Crippen MR) is 118 cm³/mol. The van der Waals surface area contributed by atoms with E-state index >= 15 is 0 Å². The summed E-state index contributed by atoms with van der Waals surface area (Å²) in [6.07, 6.45) is 1.84. The first kappa shape index (κ1) is 25.8. The largest absolute Gasteiger partial charge is 0.464 e. The molecule has 1 aliphatic rings. The second kappa shape index (κ2) is 10.9. The van der Waals surface area contributed by atoms with Gasteiger partial charge in [0.25, 0.3) is 5.54 Å². The van der Waals surface area contributed by atoms with Gasteiger partial charge in [0.15, 0.2) is 0 Å². The highest BCUT2D eigenvalue weighted by Gasteiger charge is 2.73. The maximum Gasteiger partial charge on any atom is 0.347 e. The maximum absolute atomic E-state index is 13.3. The highest BCUT2D eigenvalue weighted by Crippen LogP contribution is 2.43. The Hall–Kier alpha value is -3.46. The molecule has 1 amide bonds. The number of aliphatic hydroxyl groups is 1. The molecule has 1 fully saturated rings. The van der Waals surface area contributed by atoms with Crippen LogP contribution in [0.3, 0.4) is 0 Å². The van der Waals surface area contributed by atoms with Crippen molar-refractivity contribution < 1.29 is 38.5 Å². The maximum atomic E-state index is 13.3. The summed E-state index contributed by atoms with van der Waals surface area (Å²) in [7, 11) is 0. The second-order valence-electron chi connectivity index (χ2n) is 7.66. The van der Waals surface area contributed by atoms with Crippen LogP contribution >= 0.6 is 0 Å². The molecule has 1 aromatic rings. The van der Waals surface area contributed by atoms with Crippen molar-refractivity contribution in [3.05, 3.63) is 61.2 Å². The van der Waals surface area contributed by atoms with Crippen molar-refractivity contribution in [1.29, 1.82) is 0 Å². The second-order valence-corrected chi connectivity index (χ2v) is 7.66. The van der Waals surface area contributed by atoms with Gasteiger partial charge in [-0.1, -0.05) is 55.6 Å². The van der Waals surface area contributed by atoms with Crippen molar-refractivity contribution in [2.75, 3.05) is 19.8 Å². The number of likely N-dealkylation sites (tertiary alicyclic amines) is 1. The Morgan fingerprint density at radius 1 is 1.09 bits per heavy atom. The minimum Gasteiger partial charge on any atom is -0.464 e. The average Bonchev–Trinajstić information content (AvgIpc) is 3.00. The number of carbonyl (C=O) groups is 4. The van der Waals surface area contributed by atoms with Crippen LogP contribution in [0.2, 0.25) is 0 Å². The average molecular weight is 459 g/mol. The van der Waals surface area contributed by atoms with Crippen LogP contribution in [0.25, 0.3) is 0 Å². The molecule has 0 spiro atoms. The van der Waals surface area contributed by atoms with E-state index in [9.17, 15) is 24.3 Å². The molecule has 1 aliphatic heterocycles. The Morgan fingerprint density at radius 2 is 1.64 bits per heavy atom. The molecule has 178 valence electrons. The van der Waals surface area contributed by atoms with Crippen LogP contribution in [0.5, 0.6) is 0 Å². The quantitative estimate of drug-likeness (QED) is 0.228. The lowest BCUT2D eigenvalue weighted by atomic mass is 9.80. The lowest BCUT2D eigenvalue weighted by Gasteiger charge is -2.42. The first-order valence-electron chi connectivity index (χ1n) is 10.5. The van der Waals surface area contributed by atoms with E-state index in [0.717, 1.165) is 11.8 Å². The third-order valence-corrected chi connectivity index (χ3v) is 5.30. The number of hydrogen-bond acceptors (Lipinski definition) is 8. The molecular weight excluding hydrogens is 430 g/mol. The zero-order chi connectivity index (χ0) is 24.6. The smallest absolute Gasteiger partial charge is 0.347 e. The van der Waals surface area contributed by atoms with Gasteiger partial charge in [0.1, 0.15) is 24.9 Å². The van der Waals surface area contributed by atoms with Gasteiger partial charge in [0, 0.05) is 6.42 Å². The lowest BCUT2D eigenvalue weighted by molar-refractivity contribution is -0.192. The molecule has 1 aromatic carbocycles. The molecule has 1 N–H and O–H groups in total. The number of hydrogen-bond donors (Lipinski definition) is 1. The van der Waals surface area contributed by atoms with Gasteiger partial charge in [0.05, 0.1) is 13.0 Å². The van der Waals surface area contributed by atoms with Gasteiger partial charge in [-0.3, -0.25) is 4.79 Å².